The lowest BCUT2D eigenvalue weighted by molar-refractivity contribution is 0.0712. The number of nitrogens with zero attached hydrogens (tertiary/aromatic N) is 4. The van der Waals surface area contributed by atoms with Crippen LogP contribution in [-0.4, -0.2) is 33.9 Å². The minimum Gasteiger partial charge on any atom is -0.467 e. The molecule has 1 aliphatic rings. The Morgan fingerprint density at radius 2 is 1.89 bits per heavy atom. The van der Waals surface area contributed by atoms with Crippen LogP contribution < -0.4 is 4.90 Å². The number of halogens is 1. The molecule has 0 saturated carbocycles. The summed E-state index contributed by atoms with van der Waals surface area (Å²) in [6.45, 7) is 2.56. The highest BCUT2D eigenvalue weighted by Crippen LogP contribution is 2.22. The van der Waals surface area contributed by atoms with Crippen molar-refractivity contribution in [3.63, 3.8) is 0 Å². The highest BCUT2D eigenvalue weighted by molar-refractivity contribution is 6.33. The van der Waals surface area contributed by atoms with Gasteiger partial charge in [0.15, 0.2) is 5.69 Å². The molecule has 0 aliphatic carbocycles. The molecule has 0 N–H and O–H groups in total. The third kappa shape index (κ3) is 4.17. The van der Waals surface area contributed by atoms with E-state index >= 15 is 0 Å². The topological polar surface area (TPSA) is 62.5 Å². The Labute approximate surface area is 168 Å². The Hall–Kier alpha value is -2.86. The zero-order valence-electron chi connectivity index (χ0n) is 15.4. The minimum absolute atomic E-state index is 0.223. The first-order chi connectivity index (χ1) is 13.7. The number of carbonyl (C=O) groups excluding carboxylic acids is 1. The quantitative estimate of drug-likeness (QED) is 0.625. The van der Waals surface area contributed by atoms with Gasteiger partial charge in [0.05, 0.1) is 24.0 Å². The van der Waals surface area contributed by atoms with Crippen LogP contribution in [0.3, 0.4) is 0 Å². The average Bonchev–Trinajstić information content (AvgIpc) is 3.42. The third-order valence-electron chi connectivity index (χ3n) is 4.75. The van der Waals surface area contributed by atoms with E-state index in [0.29, 0.717) is 24.8 Å². The van der Waals surface area contributed by atoms with E-state index in [-0.39, 0.29) is 16.6 Å². The fourth-order valence-electron chi connectivity index (χ4n) is 3.32. The SMILES string of the molecule is O=C(c1nc(N2CCCC2)ncc1Cl)N(Cc1ccccc1)Cc1ccco1. The fraction of sp³-hybridized carbons (Fsp3) is 0.286. The minimum atomic E-state index is -0.243. The molecule has 1 fully saturated rings. The summed E-state index contributed by atoms with van der Waals surface area (Å²) in [5, 5.41) is 0.255. The summed E-state index contributed by atoms with van der Waals surface area (Å²) in [5.41, 5.74) is 1.24. The van der Waals surface area contributed by atoms with Gasteiger partial charge in [-0.1, -0.05) is 41.9 Å². The Morgan fingerprint density at radius 1 is 1.11 bits per heavy atom. The maximum Gasteiger partial charge on any atom is 0.274 e. The standard InChI is InChI=1S/C21H21ClN4O2/c22-18-13-23-21(25-10-4-5-11-25)24-19(18)20(27)26(15-17-9-6-12-28-17)14-16-7-2-1-3-8-16/h1-3,6-9,12-13H,4-5,10-11,14-15H2. The predicted octanol–water partition coefficient (Wildman–Crippen LogP) is 4.17. The van der Waals surface area contributed by atoms with Gasteiger partial charge in [-0.15, -0.1) is 0 Å². The van der Waals surface area contributed by atoms with Crippen molar-refractivity contribution in [3.05, 3.63) is 77.0 Å². The van der Waals surface area contributed by atoms with Crippen LogP contribution in [0.5, 0.6) is 0 Å². The van der Waals surface area contributed by atoms with E-state index in [1.807, 2.05) is 42.5 Å². The number of hydrogen-bond donors (Lipinski definition) is 0. The van der Waals surface area contributed by atoms with Gasteiger partial charge in [0.25, 0.3) is 5.91 Å². The van der Waals surface area contributed by atoms with Gasteiger partial charge in [0.1, 0.15) is 5.76 Å². The molecule has 0 unspecified atom stereocenters. The van der Waals surface area contributed by atoms with E-state index in [2.05, 4.69) is 14.9 Å². The predicted molar refractivity (Wildman–Crippen MR) is 107 cm³/mol. The van der Waals surface area contributed by atoms with Crippen LogP contribution in [0.15, 0.2) is 59.3 Å². The molecule has 0 spiro atoms. The second kappa shape index (κ2) is 8.44. The number of aromatic nitrogens is 2. The van der Waals surface area contributed by atoms with Crippen molar-refractivity contribution < 1.29 is 9.21 Å². The molecule has 7 heteroatoms. The molecular formula is C21H21ClN4O2. The van der Waals surface area contributed by atoms with Crippen molar-refractivity contribution >= 4 is 23.5 Å². The zero-order valence-corrected chi connectivity index (χ0v) is 16.2. The molecule has 144 valence electrons. The molecule has 3 heterocycles. The average molecular weight is 397 g/mol. The van der Waals surface area contributed by atoms with E-state index in [1.165, 1.54) is 6.20 Å². The molecule has 28 heavy (non-hydrogen) atoms. The first-order valence-corrected chi connectivity index (χ1v) is 9.71. The van der Waals surface area contributed by atoms with Gasteiger partial charge < -0.3 is 14.2 Å². The Morgan fingerprint density at radius 3 is 2.61 bits per heavy atom. The molecule has 6 nitrogen and oxygen atoms in total. The highest BCUT2D eigenvalue weighted by atomic mass is 35.5. The first kappa shape index (κ1) is 18.5. The van der Waals surface area contributed by atoms with Gasteiger partial charge in [-0.05, 0) is 30.5 Å². The Bertz CT molecular complexity index is 925. The molecule has 1 aliphatic heterocycles. The molecule has 4 rings (SSSR count). The molecule has 0 bridgehead atoms. The zero-order chi connectivity index (χ0) is 19.3. The van der Waals surface area contributed by atoms with Crippen molar-refractivity contribution in [1.29, 1.82) is 0 Å². The number of furan rings is 1. The fourth-order valence-corrected chi connectivity index (χ4v) is 3.49. The number of anilines is 1. The smallest absolute Gasteiger partial charge is 0.274 e. The van der Waals surface area contributed by atoms with Crippen molar-refractivity contribution in [1.82, 2.24) is 14.9 Å². The summed E-state index contributed by atoms with van der Waals surface area (Å²) >= 11 is 6.31. The van der Waals surface area contributed by atoms with Crippen molar-refractivity contribution in [2.75, 3.05) is 18.0 Å². The number of carbonyl (C=O) groups is 1. The van der Waals surface area contributed by atoms with Crippen LogP contribution in [0.4, 0.5) is 5.95 Å². The van der Waals surface area contributed by atoms with Crippen molar-refractivity contribution in [3.8, 4) is 0 Å². The summed E-state index contributed by atoms with van der Waals surface area (Å²) < 4.78 is 5.46. The maximum atomic E-state index is 13.4. The van der Waals surface area contributed by atoms with E-state index in [0.717, 1.165) is 31.5 Å². The van der Waals surface area contributed by atoms with Gasteiger partial charge in [-0.3, -0.25) is 4.79 Å². The molecule has 0 radical (unpaired) electrons. The number of benzene rings is 1. The molecule has 3 aromatic rings. The lowest BCUT2D eigenvalue weighted by Crippen LogP contribution is -2.32. The highest BCUT2D eigenvalue weighted by Gasteiger charge is 2.24. The largest absolute Gasteiger partial charge is 0.467 e. The summed E-state index contributed by atoms with van der Waals surface area (Å²) in [5.74, 6) is 1.02. The van der Waals surface area contributed by atoms with Gasteiger partial charge in [0.2, 0.25) is 5.95 Å². The van der Waals surface area contributed by atoms with E-state index in [9.17, 15) is 4.79 Å². The third-order valence-corrected chi connectivity index (χ3v) is 5.03. The van der Waals surface area contributed by atoms with Crippen molar-refractivity contribution in [2.45, 2.75) is 25.9 Å². The number of hydrogen-bond acceptors (Lipinski definition) is 5. The van der Waals surface area contributed by atoms with Gasteiger partial charge in [-0.2, -0.15) is 0 Å². The Kier molecular flexibility index (Phi) is 5.58. The van der Waals surface area contributed by atoms with Crippen LogP contribution in [-0.2, 0) is 13.1 Å². The van der Waals surface area contributed by atoms with Crippen LogP contribution in [0, 0.1) is 0 Å². The molecular weight excluding hydrogens is 376 g/mol. The summed E-state index contributed by atoms with van der Waals surface area (Å²) in [6.07, 6.45) is 5.33. The molecule has 1 aromatic carbocycles. The number of rotatable bonds is 6. The van der Waals surface area contributed by atoms with Crippen LogP contribution in [0.2, 0.25) is 5.02 Å². The Balaban J connectivity index is 1.63. The second-order valence-electron chi connectivity index (χ2n) is 6.79. The van der Waals surface area contributed by atoms with Gasteiger partial charge in [-0.25, -0.2) is 9.97 Å². The number of amides is 1. The molecule has 2 aromatic heterocycles. The lowest BCUT2D eigenvalue weighted by Gasteiger charge is -2.23. The van der Waals surface area contributed by atoms with Crippen LogP contribution >= 0.6 is 11.6 Å². The van der Waals surface area contributed by atoms with Crippen LogP contribution in [0.25, 0.3) is 0 Å². The first-order valence-electron chi connectivity index (χ1n) is 9.34. The lowest BCUT2D eigenvalue weighted by atomic mass is 10.2. The summed E-state index contributed by atoms with van der Waals surface area (Å²) in [7, 11) is 0. The van der Waals surface area contributed by atoms with E-state index in [1.54, 1.807) is 11.2 Å². The van der Waals surface area contributed by atoms with Crippen molar-refractivity contribution in [2.24, 2.45) is 0 Å². The van der Waals surface area contributed by atoms with Gasteiger partial charge >= 0.3 is 0 Å². The van der Waals surface area contributed by atoms with E-state index in [4.69, 9.17) is 16.0 Å². The normalized spacial score (nSPS) is 13.7. The monoisotopic (exact) mass is 396 g/mol. The molecule has 1 saturated heterocycles. The molecule has 1 amide bonds. The maximum absolute atomic E-state index is 13.4. The second-order valence-corrected chi connectivity index (χ2v) is 7.19. The van der Waals surface area contributed by atoms with Crippen LogP contribution in [0.1, 0.15) is 34.7 Å². The molecule has 0 atom stereocenters. The summed E-state index contributed by atoms with van der Waals surface area (Å²) in [4.78, 5) is 26.0. The summed E-state index contributed by atoms with van der Waals surface area (Å²) in [6, 6.07) is 13.5. The van der Waals surface area contributed by atoms with E-state index < -0.39 is 0 Å². The van der Waals surface area contributed by atoms with Gasteiger partial charge in [0, 0.05) is 19.6 Å².